The first-order chi connectivity index (χ1) is 13.6. The zero-order valence-electron chi connectivity index (χ0n) is 14.8. The van der Waals surface area contributed by atoms with E-state index in [4.69, 9.17) is 4.42 Å². The summed E-state index contributed by atoms with van der Waals surface area (Å²) >= 11 is 6.84. The molecule has 29 heavy (non-hydrogen) atoms. The molecule has 4 heteroatoms. The maximum Gasteiger partial charge on any atom is 0.135 e. The Morgan fingerprint density at radius 1 is 0.621 bits per heavy atom. The van der Waals surface area contributed by atoms with Crippen molar-refractivity contribution in [3.63, 3.8) is 0 Å². The van der Waals surface area contributed by atoms with Gasteiger partial charge in [0.05, 0.1) is 0 Å². The normalized spacial score (nSPS) is 10.3. The van der Waals surface area contributed by atoms with Gasteiger partial charge in [0.25, 0.3) is 0 Å². The minimum Gasteiger partial charge on any atom is -0.507 e. The fraction of sp³-hybridized carbons (Fsp3) is 0.0400. The summed E-state index contributed by atoms with van der Waals surface area (Å²) in [5, 5.41) is 12.0. The third-order valence-corrected chi connectivity index (χ3v) is 5.37. The van der Waals surface area contributed by atoms with Crippen molar-refractivity contribution >= 4 is 53.8 Å². The highest BCUT2D eigenvalue weighted by Gasteiger charge is 2.05. The molecule has 4 aromatic carbocycles. The van der Waals surface area contributed by atoms with E-state index in [0.29, 0.717) is 5.75 Å². The monoisotopic (exact) mass is 510 g/mol. The lowest BCUT2D eigenvalue weighted by Gasteiger charge is -2.04. The van der Waals surface area contributed by atoms with Crippen LogP contribution in [0.2, 0.25) is 0 Å². The van der Waals surface area contributed by atoms with Gasteiger partial charge in [-0.15, -0.1) is 0 Å². The predicted octanol–water partition coefficient (Wildman–Crippen LogP) is 8.81. The Bertz CT molecular complexity index is 1240. The second-order valence-electron chi connectivity index (χ2n) is 6.27. The summed E-state index contributed by atoms with van der Waals surface area (Å²) in [7, 11) is 0. The number of rotatable bonds is 1. The van der Waals surface area contributed by atoms with Gasteiger partial charge in [-0.2, -0.15) is 0 Å². The largest absolute Gasteiger partial charge is 0.507 e. The Hall–Kier alpha value is -2.56. The van der Waals surface area contributed by atoms with E-state index >= 15 is 0 Å². The van der Waals surface area contributed by atoms with Crippen LogP contribution in [0.15, 0.2) is 104 Å². The molecule has 1 aromatic heterocycles. The first kappa shape index (κ1) is 21.2. The van der Waals surface area contributed by atoms with E-state index in [0.717, 1.165) is 36.6 Å². The molecule has 0 saturated heterocycles. The van der Waals surface area contributed by atoms with Crippen molar-refractivity contribution in [3.05, 3.63) is 99.9 Å². The number of benzene rings is 4. The van der Waals surface area contributed by atoms with E-state index in [1.807, 2.05) is 72.8 Å². The van der Waals surface area contributed by atoms with E-state index < -0.39 is 0 Å². The number of furan rings is 1. The molecular weight excluding hydrogens is 492 g/mol. The minimum absolute atomic E-state index is 0. The van der Waals surface area contributed by atoms with Gasteiger partial charge in [0, 0.05) is 25.3 Å². The second kappa shape index (κ2) is 9.29. The van der Waals surface area contributed by atoms with Crippen LogP contribution in [-0.2, 0) is 0 Å². The van der Waals surface area contributed by atoms with Gasteiger partial charge in [-0.25, -0.2) is 0 Å². The lowest BCUT2D eigenvalue weighted by atomic mass is 10.1. The molecule has 0 aliphatic heterocycles. The summed E-state index contributed by atoms with van der Waals surface area (Å²) in [6.45, 7) is 0. The van der Waals surface area contributed by atoms with E-state index in [2.05, 4.69) is 44.0 Å². The molecule has 0 aliphatic rings. The van der Waals surface area contributed by atoms with Gasteiger partial charge in [0.1, 0.15) is 16.9 Å². The molecule has 1 heterocycles. The molecule has 2 nitrogen and oxygen atoms in total. The molecule has 0 aliphatic carbocycles. The Labute approximate surface area is 187 Å². The van der Waals surface area contributed by atoms with Crippen molar-refractivity contribution in [3.8, 4) is 16.9 Å². The van der Waals surface area contributed by atoms with Gasteiger partial charge >= 0.3 is 0 Å². The fourth-order valence-electron chi connectivity index (χ4n) is 3.06. The van der Waals surface area contributed by atoms with Crippen LogP contribution in [0.4, 0.5) is 0 Å². The molecule has 0 spiro atoms. The summed E-state index contributed by atoms with van der Waals surface area (Å²) in [4.78, 5) is 0. The van der Waals surface area contributed by atoms with Crippen LogP contribution in [0, 0.1) is 0 Å². The highest BCUT2D eigenvalue weighted by Crippen LogP contribution is 2.31. The summed E-state index contributed by atoms with van der Waals surface area (Å²) < 4.78 is 7.73. The third kappa shape index (κ3) is 4.72. The fourth-order valence-corrected chi connectivity index (χ4v) is 3.78. The average Bonchev–Trinajstić information content (AvgIpc) is 3.09. The van der Waals surface area contributed by atoms with Crippen molar-refractivity contribution in [2.45, 2.75) is 7.43 Å². The van der Waals surface area contributed by atoms with Crippen LogP contribution in [0.5, 0.6) is 5.75 Å². The lowest BCUT2D eigenvalue weighted by molar-refractivity contribution is 0.477. The minimum atomic E-state index is 0. The summed E-state index contributed by atoms with van der Waals surface area (Å²) in [5.41, 5.74) is 3.75. The molecule has 0 bridgehead atoms. The van der Waals surface area contributed by atoms with Crippen LogP contribution < -0.4 is 0 Å². The van der Waals surface area contributed by atoms with Crippen LogP contribution >= 0.6 is 31.9 Å². The van der Waals surface area contributed by atoms with Gasteiger partial charge in [-0.3, -0.25) is 0 Å². The van der Waals surface area contributed by atoms with E-state index in [-0.39, 0.29) is 7.43 Å². The van der Waals surface area contributed by atoms with Gasteiger partial charge in [-0.1, -0.05) is 87.8 Å². The maximum absolute atomic E-state index is 9.67. The molecule has 1 N–H and O–H groups in total. The predicted molar refractivity (Wildman–Crippen MR) is 129 cm³/mol. The topological polar surface area (TPSA) is 33.4 Å². The van der Waals surface area contributed by atoms with Crippen LogP contribution in [0.1, 0.15) is 7.43 Å². The first-order valence-corrected chi connectivity index (χ1v) is 10.3. The SMILES string of the molecule is Brc1ccc2oc3ccccc3c2c1.C.Oc1ccc(Br)cc1-c1ccccc1. The summed E-state index contributed by atoms with van der Waals surface area (Å²) in [6.07, 6.45) is 0. The number of fused-ring (bicyclic) bond motifs is 3. The Morgan fingerprint density at radius 2 is 1.24 bits per heavy atom. The van der Waals surface area contributed by atoms with E-state index in [1.54, 1.807) is 6.07 Å². The Balaban J connectivity index is 0.000000160. The summed E-state index contributed by atoms with van der Waals surface area (Å²) in [6, 6.07) is 29.4. The molecular formula is C25H20Br2O2. The molecule has 0 radical (unpaired) electrons. The highest BCUT2D eigenvalue weighted by atomic mass is 79.9. The van der Waals surface area contributed by atoms with Crippen molar-refractivity contribution in [2.75, 3.05) is 0 Å². The third-order valence-electron chi connectivity index (χ3n) is 4.38. The van der Waals surface area contributed by atoms with Crippen LogP contribution in [0.3, 0.4) is 0 Å². The number of phenols is 1. The van der Waals surface area contributed by atoms with E-state index in [1.165, 1.54) is 5.39 Å². The second-order valence-corrected chi connectivity index (χ2v) is 8.10. The Morgan fingerprint density at radius 3 is 2.03 bits per heavy atom. The number of phenolic OH excluding ortho intramolecular Hbond substituents is 1. The Kier molecular flexibility index (Phi) is 6.78. The standard InChI is InChI=1S/C12H7BrO.C12H9BrO.CH4/c13-8-5-6-12-10(7-8)9-3-1-2-4-11(9)14-12;13-10-6-7-12(14)11(8-10)9-4-2-1-3-5-9;/h1-7H;1-8,14H;1H4. The van der Waals surface area contributed by atoms with Crippen molar-refractivity contribution in [1.82, 2.24) is 0 Å². The van der Waals surface area contributed by atoms with Crippen molar-refractivity contribution in [2.24, 2.45) is 0 Å². The van der Waals surface area contributed by atoms with Gasteiger partial charge in [0.2, 0.25) is 0 Å². The molecule has 0 amide bonds. The zero-order chi connectivity index (χ0) is 19.5. The van der Waals surface area contributed by atoms with E-state index in [9.17, 15) is 5.11 Å². The van der Waals surface area contributed by atoms with Crippen LogP contribution in [-0.4, -0.2) is 5.11 Å². The molecule has 0 saturated carbocycles. The van der Waals surface area contributed by atoms with Gasteiger partial charge < -0.3 is 9.52 Å². The average molecular weight is 512 g/mol. The molecule has 0 atom stereocenters. The highest BCUT2D eigenvalue weighted by molar-refractivity contribution is 9.10. The van der Waals surface area contributed by atoms with Crippen LogP contribution in [0.25, 0.3) is 33.1 Å². The molecule has 146 valence electrons. The summed E-state index contributed by atoms with van der Waals surface area (Å²) in [5.74, 6) is 0.305. The number of halogens is 2. The smallest absolute Gasteiger partial charge is 0.135 e. The molecule has 5 aromatic rings. The number of aromatic hydroxyl groups is 1. The zero-order valence-corrected chi connectivity index (χ0v) is 17.9. The molecule has 0 unspecified atom stereocenters. The van der Waals surface area contributed by atoms with Crippen molar-refractivity contribution in [1.29, 1.82) is 0 Å². The molecule has 5 rings (SSSR count). The molecule has 0 fully saturated rings. The first-order valence-electron chi connectivity index (χ1n) is 8.72. The van der Waals surface area contributed by atoms with Gasteiger partial charge in [-0.05, 0) is 48.0 Å². The van der Waals surface area contributed by atoms with Gasteiger partial charge in [0.15, 0.2) is 0 Å². The lowest BCUT2D eigenvalue weighted by Crippen LogP contribution is -1.78. The number of para-hydroxylation sites is 1. The number of hydrogen-bond donors (Lipinski definition) is 1. The maximum atomic E-state index is 9.67. The van der Waals surface area contributed by atoms with Crippen molar-refractivity contribution < 1.29 is 9.52 Å². The quantitative estimate of drug-likeness (QED) is 0.244. The number of hydrogen-bond acceptors (Lipinski definition) is 2.